The van der Waals surface area contributed by atoms with Gasteiger partial charge in [-0.3, -0.25) is 4.79 Å². The molecule has 1 N–H and O–H groups in total. The first-order chi connectivity index (χ1) is 16.5. The molecule has 0 bridgehead atoms. The number of hydrogen-bond acceptors (Lipinski definition) is 5. The first kappa shape index (κ1) is 23.5. The number of amides is 1. The lowest BCUT2D eigenvalue weighted by atomic mass is 10.1. The van der Waals surface area contributed by atoms with E-state index in [1.807, 2.05) is 36.4 Å². The molecule has 0 aliphatic heterocycles. The minimum Gasteiger partial charge on any atom is -0.483 e. The highest BCUT2D eigenvalue weighted by Gasteiger charge is 2.14. The molecule has 0 saturated heterocycles. The molecule has 6 nitrogen and oxygen atoms in total. The van der Waals surface area contributed by atoms with E-state index in [9.17, 15) is 9.59 Å². The molecule has 0 saturated carbocycles. The zero-order valence-electron chi connectivity index (χ0n) is 17.7. The van der Waals surface area contributed by atoms with Gasteiger partial charge in [0.25, 0.3) is 5.91 Å². The summed E-state index contributed by atoms with van der Waals surface area (Å²) in [6.07, 6.45) is 1.38. The maximum Gasteiger partial charge on any atom is 0.345 e. The standard InChI is InChI=1S/C26H18BrClN2O4/c27-19-12-13-23(34-26(32)21-9-3-4-10-22(21)28)18(14-19)15-29-30-25(31)16-33-24-11-5-7-17-6-1-2-8-20(17)24/h1-15H,16H2,(H,30,31)/b29-15-. The van der Waals surface area contributed by atoms with Crippen molar-refractivity contribution in [1.82, 2.24) is 5.43 Å². The number of esters is 1. The average Bonchev–Trinajstić information content (AvgIpc) is 2.84. The van der Waals surface area contributed by atoms with Crippen molar-refractivity contribution < 1.29 is 19.1 Å². The normalized spacial score (nSPS) is 10.9. The summed E-state index contributed by atoms with van der Waals surface area (Å²) < 4.78 is 11.9. The number of halogens is 2. The van der Waals surface area contributed by atoms with Crippen molar-refractivity contribution in [2.45, 2.75) is 0 Å². The summed E-state index contributed by atoms with van der Waals surface area (Å²) >= 11 is 9.46. The smallest absolute Gasteiger partial charge is 0.345 e. The number of nitrogens with zero attached hydrogens (tertiary/aromatic N) is 1. The summed E-state index contributed by atoms with van der Waals surface area (Å²) in [6.45, 7) is -0.210. The van der Waals surface area contributed by atoms with Crippen molar-refractivity contribution in [3.8, 4) is 11.5 Å². The largest absolute Gasteiger partial charge is 0.483 e. The molecular weight excluding hydrogens is 520 g/mol. The Hall–Kier alpha value is -3.68. The molecule has 0 atom stereocenters. The average molecular weight is 538 g/mol. The fraction of sp³-hybridized carbons (Fsp3) is 0.0385. The summed E-state index contributed by atoms with van der Waals surface area (Å²) in [4.78, 5) is 24.8. The van der Waals surface area contributed by atoms with E-state index < -0.39 is 11.9 Å². The Labute approximate surface area is 209 Å². The number of hydrogen-bond donors (Lipinski definition) is 1. The first-order valence-electron chi connectivity index (χ1n) is 10.2. The van der Waals surface area contributed by atoms with Gasteiger partial charge >= 0.3 is 5.97 Å². The highest BCUT2D eigenvalue weighted by atomic mass is 79.9. The topological polar surface area (TPSA) is 77.0 Å². The Bertz CT molecular complexity index is 1390. The number of hydrazone groups is 1. The van der Waals surface area contributed by atoms with Crippen LogP contribution in [0.3, 0.4) is 0 Å². The van der Waals surface area contributed by atoms with Crippen molar-refractivity contribution in [3.05, 3.63) is 106 Å². The number of ether oxygens (including phenoxy) is 2. The van der Waals surface area contributed by atoms with Gasteiger partial charge in [0.1, 0.15) is 11.5 Å². The summed E-state index contributed by atoms with van der Waals surface area (Å²) in [5, 5.41) is 6.20. The van der Waals surface area contributed by atoms with E-state index in [0.717, 1.165) is 15.2 Å². The van der Waals surface area contributed by atoms with E-state index in [1.54, 1.807) is 48.5 Å². The quantitative estimate of drug-likeness (QED) is 0.136. The van der Waals surface area contributed by atoms with E-state index in [4.69, 9.17) is 21.1 Å². The van der Waals surface area contributed by atoms with Crippen LogP contribution in [-0.2, 0) is 4.79 Å². The molecule has 4 aromatic rings. The highest BCUT2D eigenvalue weighted by molar-refractivity contribution is 9.10. The Balaban J connectivity index is 1.40. The zero-order valence-corrected chi connectivity index (χ0v) is 20.0. The Morgan fingerprint density at radius 2 is 1.71 bits per heavy atom. The van der Waals surface area contributed by atoms with Crippen LogP contribution in [0.2, 0.25) is 5.02 Å². The van der Waals surface area contributed by atoms with Crippen molar-refractivity contribution in [1.29, 1.82) is 0 Å². The Morgan fingerprint density at radius 3 is 2.56 bits per heavy atom. The van der Waals surface area contributed by atoms with Crippen molar-refractivity contribution in [2.24, 2.45) is 5.10 Å². The summed E-state index contributed by atoms with van der Waals surface area (Å²) in [5.74, 6) is -0.167. The fourth-order valence-electron chi connectivity index (χ4n) is 3.17. The van der Waals surface area contributed by atoms with Crippen molar-refractivity contribution >= 4 is 56.4 Å². The van der Waals surface area contributed by atoms with Crippen molar-refractivity contribution in [3.63, 3.8) is 0 Å². The van der Waals surface area contributed by atoms with Gasteiger partial charge in [-0.05, 0) is 41.8 Å². The van der Waals surface area contributed by atoms with Gasteiger partial charge in [0.05, 0.1) is 16.8 Å². The van der Waals surface area contributed by atoms with Crippen molar-refractivity contribution in [2.75, 3.05) is 6.61 Å². The first-order valence-corrected chi connectivity index (χ1v) is 11.4. The second-order valence-electron chi connectivity index (χ2n) is 7.11. The molecule has 4 aromatic carbocycles. The van der Waals surface area contributed by atoms with Crippen LogP contribution in [0.15, 0.2) is 94.5 Å². The van der Waals surface area contributed by atoms with Gasteiger partial charge in [-0.1, -0.05) is 76.1 Å². The van der Waals surface area contributed by atoms with Gasteiger partial charge in [0, 0.05) is 15.4 Å². The number of rotatable bonds is 7. The fourth-order valence-corrected chi connectivity index (χ4v) is 3.76. The van der Waals surface area contributed by atoms with Gasteiger partial charge in [0.2, 0.25) is 0 Å². The summed E-state index contributed by atoms with van der Waals surface area (Å²) in [7, 11) is 0. The minimum atomic E-state index is -0.602. The van der Waals surface area contributed by atoms with Crippen LogP contribution < -0.4 is 14.9 Å². The number of fused-ring (bicyclic) bond motifs is 1. The van der Waals surface area contributed by atoms with Crippen LogP contribution in [0.1, 0.15) is 15.9 Å². The van der Waals surface area contributed by atoms with Gasteiger partial charge < -0.3 is 9.47 Å². The van der Waals surface area contributed by atoms with Crippen LogP contribution in [0.25, 0.3) is 10.8 Å². The Kier molecular flexibility index (Phi) is 7.57. The number of carbonyl (C=O) groups excluding carboxylic acids is 2. The van der Waals surface area contributed by atoms with Gasteiger partial charge in [-0.15, -0.1) is 0 Å². The highest BCUT2D eigenvalue weighted by Crippen LogP contribution is 2.26. The second-order valence-corrected chi connectivity index (χ2v) is 8.43. The number of carbonyl (C=O) groups is 2. The van der Waals surface area contributed by atoms with Crippen LogP contribution in [0, 0.1) is 0 Å². The van der Waals surface area contributed by atoms with E-state index in [2.05, 4.69) is 26.5 Å². The van der Waals surface area contributed by atoms with Gasteiger partial charge in [-0.2, -0.15) is 5.10 Å². The molecule has 34 heavy (non-hydrogen) atoms. The molecule has 0 fully saturated rings. The SMILES string of the molecule is O=C(COc1cccc2ccccc12)N/N=C\c1cc(Br)ccc1OC(=O)c1ccccc1Cl. The molecule has 170 valence electrons. The van der Waals surface area contributed by atoms with Crippen LogP contribution >= 0.6 is 27.5 Å². The molecule has 0 radical (unpaired) electrons. The predicted molar refractivity (Wildman–Crippen MR) is 136 cm³/mol. The monoisotopic (exact) mass is 536 g/mol. The predicted octanol–water partition coefficient (Wildman–Crippen LogP) is 6.00. The third-order valence-corrected chi connectivity index (χ3v) is 5.59. The lowest BCUT2D eigenvalue weighted by molar-refractivity contribution is -0.123. The van der Waals surface area contributed by atoms with E-state index in [1.165, 1.54) is 6.21 Å². The summed E-state index contributed by atoms with van der Waals surface area (Å²) in [6, 6.07) is 25.1. The zero-order chi connectivity index (χ0) is 23.9. The maximum absolute atomic E-state index is 12.5. The van der Waals surface area contributed by atoms with Gasteiger partial charge in [-0.25, -0.2) is 10.2 Å². The molecule has 0 heterocycles. The Morgan fingerprint density at radius 1 is 0.941 bits per heavy atom. The molecule has 0 spiro atoms. The van der Waals surface area contributed by atoms with Crippen LogP contribution in [-0.4, -0.2) is 24.7 Å². The number of nitrogens with one attached hydrogen (secondary N) is 1. The molecule has 0 aromatic heterocycles. The molecule has 8 heteroatoms. The molecule has 1 amide bonds. The molecular formula is C26H18BrClN2O4. The van der Waals surface area contributed by atoms with Crippen LogP contribution in [0.4, 0.5) is 0 Å². The number of benzene rings is 4. The summed E-state index contributed by atoms with van der Waals surface area (Å²) in [5.41, 5.74) is 3.14. The van der Waals surface area contributed by atoms with E-state index in [0.29, 0.717) is 16.3 Å². The molecule has 0 aliphatic carbocycles. The van der Waals surface area contributed by atoms with Gasteiger partial charge in [0.15, 0.2) is 6.61 Å². The third-order valence-electron chi connectivity index (χ3n) is 4.77. The third kappa shape index (κ3) is 5.81. The minimum absolute atomic E-state index is 0.210. The lowest BCUT2D eigenvalue weighted by Crippen LogP contribution is -2.24. The molecule has 4 rings (SSSR count). The maximum atomic E-state index is 12.5. The molecule has 0 unspecified atom stereocenters. The van der Waals surface area contributed by atoms with E-state index >= 15 is 0 Å². The van der Waals surface area contributed by atoms with E-state index in [-0.39, 0.29) is 17.9 Å². The lowest BCUT2D eigenvalue weighted by Gasteiger charge is -2.09. The molecule has 0 aliphatic rings. The second kappa shape index (κ2) is 11.0. The van der Waals surface area contributed by atoms with Crippen LogP contribution in [0.5, 0.6) is 11.5 Å².